The van der Waals surface area contributed by atoms with E-state index >= 15 is 0 Å². The second-order valence-electron chi connectivity index (χ2n) is 7.71. The zero-order valence-corrected chi connectivity index (χ0v) is 16.0. The fraction of sp³-hybridized carbons (Fsp3) is 0.810. The van der Waals surface area contributed by atoms with Gasteiger partial charge in [0.05, 0.1) is 5.92 Å². The second-order valence-corrected chi connectivity index (χ2v) is 7.71. The third-order valence-electron chi connectivity index (χ3n) is 5.83. The van der Waals surface area contributed by atoms with Gasteiger partial charge in [0.15, 0.2) is 0 Å². The van der Waals surface area contributed by atoms with Crippen LogP contribution in [-0.2, 0) is 9.59 Å². The molecule has 0 saturated carbocycles. The van der Waals surface area contributed by atoms with Gasteiger partial charge in [0.2, 0.25) is 0 Å². The summed E-state index contributed by atoms with van der Waals surface area (Å²) in [6.07, 6.45) is 16.3. The number of rotatable bonds is 13. The van der Waals surface area contributed by atoms with Crippen LogP contribution in [0.4, 0.5) is 0 Å². The Morgan fingerprint density at radius 1 is 1.12 bits per heavy atom. The Balaban J connectivity index is 2.62. The van der Waals surface area contributed by atoms with Crippen LogP contribution in [-0.4, -0.2) is 22.2 Å². The maximum Gasteiger partial charge on any atom is 0.306 e. The van der Waals surface area contributed by atoms with Crippen molar-refractivity contribution in [3.05, 3.63) is 12.2 Å². The van der Waals surface area contributed by atoms with Crippen molar-refractivity contribution in [1.82, 2.24) is 0 Å². The molecular weight excluding hydrogens is 316 g/mol. The number of unbranched alkanes of at least 4 members (excludes halogenated alkanes) is 4. The van der Waals surface area contributed by atoms with E-state index < -0.39 is 11.9 Å². The minimum atomic E-state index is -0.712. The lowest BCUT2D eigenvalue weighted by Crippen LogP contribution is -2.37. The lowest BCUT2D eigenvalue weighted by molar-refractivity contribution is -0.145. The van der Waals surface area contributed by atoms with Crippen LogP contribution >= 0.6 is 0 Å². The third kappa shape index (κ3) is 7.21. The minimum Gasteiger partial charge on any atom is -0.481 e. The number of carbonyl (C=O) groups is 2. The van der Waals surface area contributed by atoms with Crippen LogP contribution in [0.25, 0.3) is 0 Å². The van der Waals surface area contributed by atoms with Crippen molar-refractivity contribution in [2.75, 3.05) is 0 Å². The lowest BCUT2D eigenvalue weighted by atomic mass is 9.61. The van der Waals surface area contributed by atoms with Gasteiger partial charge in [0.1, 0.15) is 0 Å². The molecule has 1 aliphatic carbocycles. The molecule has 0 radical (unpaired) electrons. The Morgan fingerprint density at radius 3 is 2.36 bits per heavy atom. The molecular formula is C21H36O4. The molecule has 0 aromatic rings. The molecule has 0 fully saturated rings. The molecule has 0 aliphatic heterocycles. The lowest BCUT2D eigenvalue weighted by Gasteiger charge is -2.43. The van der Waals surface area contributed by atoms with Crippen molar-refractivity contribution in [2.45, 2.75) is 90.9 Å². The van der Waals surface area contributed by atoms with Gasteiger partial charge in [0.25, 0.3) is 0 Å². The maximum absolute atomic E-state index is 11.6. The molecule has 0 aromatic heterocycles. The fourth-order valence-electron chi connectivity index (χ4n) is 4.43. The van der Waals surface area contributed by atoms with E-state index in [4.69, 9.17) is 5.11 Å². The highest BCUT2D eigenvalue weighted by molar-refractivity contribution is 5.70. The van der Waals surface area contributed by atoms with E-state index in [1.807, 2.05) is 6.92 Å². The summed E-state index contributed by atoms with van der Waals surface area (Å²) in [7, 11) is 0. The molecule has 3 atom stereocenters. The van der Waals surface area contributed by atoms with Gasteiger partial charge in [-0.3, -0.25) is 9.59 Å². The zero-order valence-electron chi connectivity index (χ0n) is 16.0. The summed E-state index contributed by atoms with van der Waals surface area (Å²) in [5, 5.41) is 18.2. The Morgan fingerprint density at radius 2 is 1.80 bits per heavy atom. The van der Waals surface area contributed by atoms with Crippen molar-refractivity contribution < 1.29 is 19.8 Å². The first-order chi connectivity index (χ1) is 11.9. The number of hydrogen-bond acceptors (Lipinski definition) is 2. The van der Waals surface area contributed by atoms with Gasteiger partial charge < -0.3 is 10.2 Å². The van der Waals surface area contributed by atoms with Gasteiger partial charge in [-0.25, -0.2) is 0 Å². The average Bonchev–Trinajstić information content (AvgIpc) is 2.58. The highest BCUT2D eigenvalue weighted by Gasteiger charge is 2.41. The quantitative estimate of drug-likeness (QED) is 0.331. The van der Waals surface area contributed by atoms with E-state index in [-0.39, 0.29) is 23.7 Å². The van der Waals surface area contributed by atoms with Gasteiger partial charge in [-0.2, -0.15) is 0 Å². The monoisotopic (exact) mass is 352 g/mol. The normalized spacial score (nSPS) is 22.5. The smallest absolute Gasteiger partial charge is 0.306 e. The van der Waals surface area contributed by atoms with Gasteiger partial charge in [-0.05, 0) is 49.9 Å². The second kappa shape index (κ2) is 11.3. The first-order valence-electron chi connectivity index (χ1n) is 10.0. The van der Waals surface area contributed by atoms with Crippen molar-refractivity contribution in [3.8, 4) is 0 Å². The van der Waals surface area contributed by atoms with Crippen LogP contribution < -0.4 is 0 Å². The first-order valence-corrected chi connectivity index (χ1v) is 10.0. The van der Waals surface area contributed by atoms with Crippen molar-refractivity contribution in [3.63, 3.8) is 0 Å². The summed E-state index contributed by atoms with van der Waals surface area (Å²) in [6, 6.07) is 0. The predicted molar refractivity (Wildman–Crippen MR) is 101 cm³/mol. The van der Waals surface area contributed by atoms with Crippen molar-refractivity contribution in [1.29, 1.82) is 0 Å². The fourth-order valence-corrected chi connectivity index (χ4v) is 4.43. The molecule has 0 bridgehead atoms. The molecule has 1 aliphatic rings. The SMILES string of the molecule is CCCC(C(C)C(=O)O)C1(CCCCCCCC(=O)O)C=CCCC1. The zero-order chi connectivity index (χ0) is 18.7. The Kier molecular flexibility index (Phi) is 9.84. The molecule has 4 heteroatoms. The third-order valence-corrected chi connectivity index (χ3v) is 5.83. The van der Waals surface area contributed by atoms with Crippen LogP contribution in [0.5, 0.6) is 0 Å². The highest BCUT2D eigenvalue weighted by Crippen LogP contribution is 2.48. The van der Waals surface area contributed by atoms with Crippen LogP contribution in [0, 0.1) is 17.3 Å². The largest absolute Gasteiger partial charge is 0.481 e. The van der Waals surface area contributed by atoms with Gasteiger partial charge in [-0.1, -0.05) is 58.1 Å². The van der Waals surface area contributed by atoms with Gasteiger partial charge in [0, 0.05) is 6.42 Å². The van der Waals surface area contributed by atoms with E-state index in [0.717, 1.165) is 70.6 Å². The van der Waals surface area contributed by atoms with Crippen LogP contribution in [0.2, 0.25) is 0 Å². The van der Waals surface area contributed by atoms with Crippen molar-refractivity contribution >= 4 is 11.9 Å². The number of carboxylic acid groups (broad SMARTS) is 2. The Labute approximate surface area is 152 Å². The molecule has 0 aromatic carbocycles. The van der Waals surface area contributed by atoms with Crippen LogP contribution in [0.1, 0.15) is 90.9 Å². The number of hydrogen-bond donors (Lipinski definition) is 2. The molecule has 144 valence electrons. The summed E-state index contributed by atoms with van der Waals surface area (Å²) < 4.78 is 0. The molecule has 0 saturated heterocycles. The Hall–Kier alpha value is -1.32. The van der Waals surface area contributed by atoms with E-state index in [2.05, 4.69) is 19.1 Å². The molecule has 2 N–H and O–H groups in total. The highest BCUT2D eigenvalue weighted by atomic mass is 16.4. The van der Waals surface area contributed by atoms with Gasteiger partial charge >= 0.3 is 11.9 Å². The summed E-state index contributed by atoms with van der Waals surface area (Å²) >= 11 is 0. The molecule has 0 amide bonds. The summed E-state index contributed by atoms with van der Waals surface area (Å²) in [4.78, 5) is 22.2. The molecule has 25 heavy (non-hydrogen) atoms. The first kappa shape index (κ1) is 21.7. The summed E-state index contributed by atoms with van der Waals surface area (Å²) in [5.41, 5.74) is 0.0349. The Bertz CT molecular complexity index is 443. The molecule has 0 heterocycles. The standard InChI is InChI=1S/C21H36O4/c1-3-12-18(17(2)20(24)25)21(15-10-7-11-16-21)14-9-6-4-5-8-13-19(22)23/h10,15,17-18H,3-9,11-14,16H2,1-2H3,(H,22,23)(H,24,25). The summed E-state index contributed by atoms with van der Waals surface area (Å²) in [6.45, 7) is 4.02. The number of allylic oxidation sites excluding steroid dienone is 2. The van der Waals surface area contributed by atoms with E-state index in [1.54, 1.807) is 0 Å². The van der Waals surface area contributed by atoms with E-state index in [0.29, 0.717) is 0 Å². The van der Waals surface area contributed by atoms with Crippen LogP contribution in [0.3, 0.4) is 0 Å². The molecule has 1 rings (SSSR count). The number of carboxylic acids is 2. The maximum atomic E-state index is 11.6. The topological polar surface area (TPSA) is 74.6 Å². The van der Waals surface area contributed by atoms with Gasteiger partial charge in [-0.15, -0.1) is 0 Å². The molecule has 0 spiro atoms. The average molecular weight is 353 g/mol. The number of aliphatic carboxylic acids is 2. The molecule has 4 nitrogen and oxygen atoms in total. The van der Waals surface area contributed by atoms with E-state index in [1.165, 1.54) is 0 Å². The summed E-state index contributed by atoms with van der Waals surface area (Å²) in [5.74, 6) is -1.49. The van der Waals surface area contributed by atoms with E-state index in [9.17, 15) is 14.7 Å². The van der Waals surface area contributed by atoms with Crippen LogP contribution in [0.15, 0.2) is 12.2 Å². The molecule has 3 unspecified atom stereocenters. The predicted octanol–water partition coefficient (Wildman–Crippen LogP) is 5.67. The van der Waals surface area contributed by atoms with Crippen molar-refractivity contribution in [2.24, 2.45) is 17.3 Å². The minimum absolute atomic E-state index is 0.0349.